The molecule has 1 atom stereocenters. The second-order valence-corrected chi connectivity index (χ2v) is 4.61. The fourth-order valence-corrected chi connectivity index (χ4v) is 1.50. The first-order chi connectivity index (χ1) is 8.52. The topological polar surface area (TPSA) is 55.8 Å². The third-order valence-electron chi connectivity index (χ3n) is 2.49. The normalized spacial score (nSPS) is 12.4. The average Bonchev–Trinajstić information content (AvgIpc) is 2.34. The summed E-state index contributed by atoms with van der Waals surface area (Å²) in [5.74, 6) is 0.155. The summed E-state index contributed by atoms with van der Waals surface area (Å²) in [6, 6.07) is 7.34. The summed E-state index contributed by atoms with van der Waals surface area (Å²) in [4.78, 5) is 11.1. The van der Waals surface area contributed by atoms with Gasteiger partial charge in [-0.05, 0) is 23.6 Å². The van der Waals surface area contributed by atoms with Gasteiger partial charge < -0.3 is 14.6 Å². The van der Waals surface area contributed by atoms with Crippen LogP contribution in [0.4, 0.5) is 0 Å². The van der Waals surface area contributed by atoms with E-state index in [1.165, 1.54) is 0 Å². The van der Waals surface area contributed by atoms with Gasteiger partial charge in [0, 0.05) is 6.42 Å². The lowest BCUT2D eigenvalue weighted by Gasteiger charge is -2.15. The Morgan fingerprint density at radius 2 is 1.89 bits per heavy atom. The summed E-state index contributed by atoms with van der Waals surface area (Å²) in [5.41, 5.74) is 0.923. The molecule has 1 aromatic rings. The molecule has 0 aliphatic carbocycles. The van der Waals surface area contributed by atoms with E-state index < -0.39 is 12.1 Å². The van der Waals surface area contributed by atoms with Crippen LogP contribution in [-0.2, 0) is 16.0 Å². The van der Waals surface area contributed by atoms with Gasteiger partial charge in [-0.25, -0.2) is 4.79 Å². The van der Waals surface area contributed by atoms with Crippen LogP contribution in [0, 0.1) is 5.92 Å². The van der Waals surface area contributed by atoms with E-state index in [4.69, 9.17) is 14.6 Å². The molecule has 1 rings (SSSR count). The lowest BCUT2D eigenvalue weighted by Crippen LogP contribution is -2.27. The molecule has 0 aliphatic heterocycles. The Kier molecular flexibility index (Phi) is 5.65. The highest BCUT2D eigenvalue weighted by Crippen LogP contribution is 2.14. The Balaban J connectivity index is 2.61. The number of aliphatic carboxylic acids is 1. The molecule has 0 heterocycles. The number of methoxy groups -OCH3 is 1. The monoisotopic (exact) mass is 252 g/mol. The van der Waals surface area contributed by atoms with Crippen molar-refractivity contribution in [2.24, 2.45) is 5.92 Å². The maximum Gasteiger partial charge on any atom is 0.333 e. The Morgan fingerprint density at radius 3 is 2.33 bits per heavy atom. The molecule has 0 aromatic heterocycles. The van der Waals surface area contributed by atoms with Gasteiger partial charge in [0.05, 0.1) is 13.7 Å². The molecule has 0 saturated carbocycles. The standard InChI is InChI=1S/C14H20O4/c1-10(2)9-18-13(14(15)16)8-11-4-6-12(17-3)7-5-11/h4-7,10,13H,8-9H2,1-3H3,(H,15,16)/t13-/m0/s1. The molecule has 0 spiro atoms. The second-order valence-electron chi connectivity index (χ2n) is 4.61. The molecule has 0 bridgehead atoms. The fourth-order valence-electron chi connectivity index (χ4n) is 1.50. The molecular weight excluding hydrogens is 232 g/mol. The minimum atomic E-state index is -0.925. The van der Waals surface area contributed by atoms with E-state index in [0.717, 1.165) is 11.3 Å². The molecule has 4 nitrogen and oxygen atoms in total. The van der Waals surface area contributed by atoms with Gasteiger partial charge in [-0.3, -0.25) is 0 Å². The smallest absolute Gasteiger partial charge is 0.333 e. The van der Waals surface area contributed by atoms with Crippen LogP contribution in [0.3, 0.4) is 0 Å². The molecule has 0 unspecified atom stereocenters. The van der Waals surface area contributed by atoms with Crippen LogP contribution in [0.5, 0.6) is 5.75 Å². The number of carboxylic acids is 1. The van der Waals surface area contributed by atoms with E-state index in [0.29, 0.717) is 18.9 Å². The summed E-state index contributed by atoms with van der Waals surface area (Å²) in [7, 11) is 1.60. The fraction of sp³-hybridized carbons (Fsp3) is 0.500. The molecule has 1 N–H and O–H groups in total. The molecule has 0 amide bonds. The van der Waals surface area contributed by atoms with Crippen LogP contribution in [-0.4, -0.2) is 30.9 Å². The Hall–Kier alpha value is -1.55. The number of carbonyl (C=O) groups is 1. The van der Waals surface area contributed by atoms with Crippen LogP contribution in [0.1, 0.15) is 19.4 Å². The van der Waals surface area contributed by atoms with Gasteiger partial charge in [-0.2, -0.15) is 0 Å². The SMILES string of the molecule is COc1ccc(C[C@H](OCC(C)C)C(=O)O)cc1. The molecule has 0 aliphatic rings. The highest BCUT2D eigenvalue weighted by atomic mass is 16.5. The van der Waals surface area contributed by atoms with Crippen molar-refractivity contribution in [3.8, 4) is 5.75 Å². The van der Waals surface area contributed by atoms with Gasteiger partial charge in [0.1, 0.15) is 5.75 Å². The van der Waals surface area contributed by atoms with E-state index in [2.05, 4.69) is 0 Å². The number of hydrogen-bond donors (Lipinski definition) is 1. The van der Waals surface area contributed by atoms with Gasteiger partial charge in [0.2, 0.25) is 0 Å². The Bertz CT molecular complexity index is 370. The average molecular weight is 252 g/mol. The van der Waals surface area contributed by atoms with Crippen molar-refractivity contribution in [3.63, 3.8) is 0 Å². The second kappa shape index (κ2) is 7.01. The first-order valence-electron chi connectivity index (χ1n) is 6.00. The van der Waals surface area contributed by atoms with Gasteiger partial charge in [-0.1, -0.05) is 26.0 Å². The molecule has 100 valence electrons. The van der Waals surface area contributed by atoms with E-state index in [1.807, 2.05) is 38.1 Å². The van der Waals surface area contributed by atoms with Crippen molar-refractivity contribution < 1.29 is 19.4 Å². The predicted molar refractivity (Wildman–Crippen MR) is 68.9 cm³/mol. The molecular formula is C14H20O4. The van der Waals surface area contributed by atoms with E-state index in [9.17, 15) is 4.79 Å². The summed E-state index contributed by atoms with van der Waals surface area (Å²) in [6.07, 6.45) is -0.424. The Labute approximate surface area is 108 Å². The first-order valence-corrected chi connectivity index (χ1v) is 6.00. The summed E-state index contributed by atoms with van der Waals surface area (Å²) in [6.45, 7) is 4.44. The van der Waals surface area contributed by atoms with Crippen molar-refractivity contribution in [1.29, 1.82) is 0 Å². The maximum atomic E-state index is 11.1. The predicted octanol–water partition coefficient (Wildman–Crippen LogP) is 2.36. The number of carboxylic acid groups (broad SMARTS) is 1. The molecule has 0 fully saturated rings. The van der Waals surface area contributed by atoms with Crippen LogP contribution in [0.15, 0.2) is 24.3 Å². The zero-order valence-electron chi connectivity index (χ0n) is 11.1. The van der Waals surface area contributed by atoms with Crippen LogP contribution in [0.2, 0.25) is 0 Å². The van der Waals surface area contributed by atoms with Crippen LogP contribution < -0.4 is 4.74 Å². The van der Waals surface area contributed by atoms with E-state index in [1.54, 1.807) is 7.11 Å². The summed E-state index contributed by atoms with van der Waals surface area (Å²) >= 11 is 0. The minimum absolute atomic E-state index is 0.322. The minimum Gasteiger partial charge on any atom is -0.497 e. The Morgan fingerprint density at radius 1 is 1.28 bits per heavy atom. The summed E-state index contributed by atoms with van der Waals surface area (Å²) in [5, 5.41) is 9.10. The van der Waals surface area contributed by atoms with Gasteiger partial charge in [0.25, 0.3) is 0 Å². The van der Waals surface area contributed by atoms with E-state index in [-0.39, 0.29) is 0 Å². The molecule has 4 heteroatoms. The zero-order valence-corrected chi connectivity index (χ0v) is 11.1. The molecule has 0 radical (unpaired) electrons. The summed E-state index contributed by atoms with van der Waals surface area (Å²) < 4.78 is 10.4. The molecule has 0 saturated heterocycles. The quantitative estimate of drug-likeness (QED) is 0.809. The van der Waals surface area contributed by atoms with Crippen molar-refractivity contribution in [3.05, 3.63) is 29.8 Å². The molecule has 18 heavy (non-hydrogen) atoms. The zero-order chi connectivity index (χ0) is 13.5. The highest BCUT2D eigenvalue weighted by molar-refractivity contribution is 5.72. The highest BCUT2D eigenvalue weighted by Gasteiger charge is 2.19. The van der Waals surface area contributed by atoms with Crippen LogP contribution in [0.25, 0.3) is 0 Å². The third kappa shape index (κ3) is 4.75. The van der Waals surface area contributed by atoms with Crippen molar-refractivity contribution in [1.82, 2.24) is 0 Å². The third-order valence-corrected chi connectivity index (χ3v) is 2.49. The number of rotatable bonds is 7. The first kappa shape index (κ1) is 14.5. The van der Waals surface area contributed by atoms with Gasteiger partial charge in [0.15, 0.2) is 6.10 Å². The number of hydrogen-bond acceptors (Lipinski definition) is 3. The maximum absolute atomic E-state index is 11.1. The van der Waals surface area contributed by atoms with Crippen LogP contribution >= 0.6 is 0 Å². The van der Waals surface area contributed by atoms with Crippen molar-refractivity contribution in [2.75, 3.05) is 13.7 Å². The largest absolute Gasteiger partial charge is 0.497 e. The lowest BCUT2D eigenvalue weighted by atomic mass is 10.1. The van der Waals surface area contributed by atoms with E-state index >= 15 is 0 Å². The van der Waals surface area contributed by atoms with Gasteiger partial charge >= 0.3 is 5.97 Å². The lowest BCUT2D eigenvalue weighted by molar-refractivity contribution is -0.150. The van der Waals surface area contributed by atoms with Crippen molar-refractivity contribution >= 4 is 5.97 Å². The number of benzene rings is 1. The van der Waals surface area contributed by atoms with Crippen molar-refractivity contribution in [2.45, 2.75) is 26.4 Å². The number of ether oxygens (including phenoxy) is 2. The molecule has 1 aromatic carbocycles. The van der Waals surface area contributed by atoms with Gasteiger partial charge in [-0.15, -0.1) is 0 Å².